The molecule has 1 fully saturated rings. The molecule has 0 radical (unpaired) electrons. The predicted molar refractivity (Wildman–Crippen MR) is 119 cm³/mol. The van der Waals surface area contributed by atoms with Gasteiger partial charge in [0.05, 0.1) is 6.54 Å². The molecule has 5 heteroatoms. The largest absolute Gasteiger partial charge is 0.332 e. The third-order valence-corrected chi connectivity index (χ3v) is 6.46. The van der Waals surface area contributed by atoms with E-state index in [4.69, 9.17) is 0 Å². The molecule has 2 amide bonds. The highest BCUT2D eigenvalue weighted by molar-refractivity contribution is 7.09. The molecule has 0 N–H and O–H groups in total. The molecular weight excluding hydrogens is 380 g/mol. The standard InChI is InChI=1S/C24H32N2O2S/c1-2-10-23(27)26(21-13-7-4-8-14-21)19-24(28)25(18-22-15-9-16-29-22)17-20-11-5-3-6-12-20/h3,5-6,9,11-12,15-16,21H,2,4,7-8,10,13-14,17-19H2,1H3. The molecule has 1 aromatic carbocycles. The van der Waals surface area contributed by atoms with E-state index in [0.717, 1.165) is 37.7 Å². The summed E-state index contributed by atoms with van der Waals surface area (Å²) in [7, 11) is 0. The Bertz CT molecular complexity index is 754. The normalized spacial score (nSPS) is 14.5. The topological polar surface area (TPSA) is 40.6 Å². The number of carbonyl (C=O) groups excluding carboxylic acids is 2. The van der Waals surface area contributed by atoms with Crippen molar-refractivity contribution < 1.29 is 9.59 Å². The number of thiophene rings is 1. The lowest BCUT2D eigenvalue weighted by Crippen LogP contribution is -2.47. The van der Waals surface area contributed by atoms with Gasteiger partial charge >= 0.3 is 0 Å². The summed E-state index contributed by atoms with van der Waals surface area (Å²) in [6, 6.07) is 14.4. The SMILES string of the molecule is CCCC(=O)N(CC(=O)N(Cc1ccccc1)Cc1cccs1)C1CCCCC1. The van der Waals surface area contributed by atoms with Gasteiger partial charge in [0.2, 0.25) is 11.8 Å². The zero-order valence-electron chi connectivity index (χ0n) is 17.4. The van der Waals surface area contributed by atoms with Crippen molar-refractivity contribution in [3.05, 3.63) is 58.3 Å². The van der Waals surface area contributed by atoms with Crippen molar-refractivity contribution in [2.75, 3.05) is 6.54 Å². The van der Waals surface area contributed by atoms with Crippen LogP contribution in [-0.4, -0.2) is 34.2 Å². The van der Waals surface area contributed by atoms with Gasteiger partial charge in [-0.05, 0) is 36.3 Å². The summed E-state index contributed by atoms with van der Waals surface area (Å²) in [6.45, 7) is 3.38. The Hall–Kier alpha value is -2.14. The fourth-order valence-corrected chi connectivity index (χ4v) is 4.76. The van der Waals surface area contributed by atoms with E-state index >= 15 is 0 Å². The molecule has 0 spiro atoms. The van der Waals surface area contributed by atoms with Gasteiger partial charge in [0, 0.05) is 23.9 Å². The first-order valence-corrected chi connectivity index (χ1v) is 11.7. The molecule has 2 aromatic rings. The van der Waals surface area contributed by atoms with Crippen LogP contribution >= 0.6 is 11.3 Å². The van der Waals surface area contributed by atoms with Crippen molar-refractivity contribution in [3.8, 4) is 0 Å². The lowest BCUT2D eigenvalue weighted by molar-refractivity contribution is -0.143. The smallest absolute Gasteiger partial charge is 0.242 e. The molecule has 1 aliphatic carbocycles. The van der Waals surface area contributed by atoms with Crippen molar-refractivity contribution in [1.82, 2.24) is 9.80 Å². The second-order valence-corrected chi connectivity index (χ2v) is 8.91. The third-order valence-electron chi connectivity index (χ3n) is 5.60. The molecular formula is C24H32N2O2S. The van der Waals surface area contributed by atoms with E-state index in [2.05, 4.69) is 18.2 Å². The Kier molecular flexibility index (Phi) is 8.29. The first kappa shape index (κ1) is 21.6. The van der Waals surface area contributed by atoms with Crippen LogP contribution in [0.15, 0.2) is 47.8 Å². The van der Waals surface area contributed by atoms with Crippen molar-refractivity contribution in [2.24, 2.45) is 0 Å². The summed E-state index contributed by atoms with van der Waals surface area (Å²) in [5, 5.41) is 2.04. The molecule has 1 aromatic heterocycles. The molecule has 0 saturated heterocycles. The summed E-state index contributed by atoms with van der Waals surface area (Å²) in [5.74, 6) is 0.167. The van der Waals surface area contributed by atoms with Gasteiger partial charge in [-0.25, -0.2) is 0 Å². The summed E-state index contributed by atoms with van der Waals surface area (Å²) < 4.78 is 0. The summed E-state index contributed by atoms with van der Waals surface area (Å²) >= 11 is 1.67. The van der Waals surface area contributed by atoms with Crippen molar-refractivity contribution >= 4 is 23.2 Å². The zero-order chi connectivity index (χ0) is 20.5. The first-order chi connectivity index (χ1) is 14.2. The average Bonchev–Trinajstić information content (AvgIpc) is 3.26. The molecule has 29 heavy (non-hydrogen) atoms. The van der Waals surface area contributed by atoms with Crippen LogP contribution in [0.4, 0.5) is 0 Å². The number of benzene rings is 1. The second-order valence-electron chi connectivity index (χ2n) is 7.88. The number of rotatable bonds is 9. The minimum atomic E-state index is 0.0391. The maximum absolute atomic E-state index is 13.4. The predicted octanol–water partition coefficient (Wildman–Crippen LogP) is 5.24. The van der Waals surface area contributed by atoms with E-state index in [9.17, 15) is 9.59 Å². The monoisotopic (exact) mass is 412 g/mol. The van der Waals surface area contributed by atoms with Gasteiger partial charge in [-0.1, -0.05) is 62.6 Å². The van der Waals surface area contributed by atoms with Gasteiger partial charge in [-0.15, -0.1) is 11.3 Å². The molecule has 156 valence electrons. The van der Waals surface area contributed by atoms with Crippen LogP contribution in [0.1, 0.15) is 62.3 Å². The fourth-order valence-electron chi connectivity index (χ4n) is 4.04. The fraction of sp³-hybridized carbons (Fsp3) is 0.500. The highest BCUT2D eigenvalue weighted by atomic mass is 32.1. The highest BCUT2D eigenvalue weighted by Crippen LogP contribution is 2.24. The number of nitrogens with zero attached hydrogens (tertiary/aromatic N) is 2. The Balaban J connectivity index is 1.75. The lowest BCUT2D eigenvalue weighted by atomic mass is 9.94. The van der Waals surface area contributed by atoms with Crippen LogP contribution in [0.25, 0.3) is 0 Å². The first-order valence-electron chi connectivity index (χ1n) is 10.8. The molecule has 1 heterocycles. The molecule has 3 rings (SSSR count). The summed E-state index contributed by atoms with van der Waals surface area (Å²) in [5.41, 5.74) is 1.11. The van der Waals surface area contributed by atoms with E-state index in [0.29, 0.717) is 19.5 Å². The number of hydrogen-bond donors (Lipinski definition) is 0. The Labute approximate surface area is 178 Å². The number of hydrogen-bond acceptors (Lipinski definition) is 3. The Morgan fingerprint density at radius 2 is 1.72 bits per heavy atom. The quantitative estimate of drug-likeness (QED) is 0.565. The molecule has 1 aliphatic rings. The van der Waals surface area contributed by atoms with Gasteiger partial charge in [-0.3, -0.25) is 9.59 Å². The maximum Gasteiger partial charge on any atom is 0.242 e. The van der Waals surface area contributed by atoms with Gasteiger partial charge < -0.3 is 9.80 Å². The minimum absolute atomic E-state index is 0.0391. The lowest BCUT2D eigenvalue weighted by Gasteiger charge is -2.35. The van der Waals surface area contributed by atoms with Gasteiger partial charge in [0.25, 0.3) is 0 Å². The number of amides is 2. The van der Waals surface area contributed by atoms with Crippen molar-refractivity contribution in [2.45, 2.75) is 71.0 Å². The van der Waals surface area contributed by atoms with Gasteiger partial charge in [-0.2, -0.15) is 0 Å². The van der Waals surface area contributed by atoms with Crippen LogP contribution in [-0.2, 0) is 22.7 Å². The zero-order valence-corrected chi connectivity index (χ0v) is 18.2. The van der Waals surface area contributed by atoms with Crippen LogP contribution in [0, 0.1) is 0 Å². The van der Waals surface area contributed by atoms with Crippen LogP contribution in [0.2, 0.25) is 0 Å². The summed E-state index contributed by atoms with van der Waals surface area (Å²) in [4.78, 5) is 31.2. The molecule has 0 aliphatic heterocycles. The second kappa shape index (κ2) is 11.1. The summed E-state index contributed by atoms with van der Waals surface area (Å²) in [6.07, 6.45) is 6.92. The van der Waals surface area contributed by atoms with Crippen LogP contribution in [0.3, 0.4) is 0 Å². The van der Waals surface area contributed by atoms with E-state index in [1.807, 2.05) is 46.4 Å². The average molecular weight is 413 g/mol. The minimum Gasteiger partial charge on any atom is -0.332 e. The van der Waals surface area contributed by atoms with Crippen molar-refractivity contribution in [1.29, 1.82) is 0 Å². The number of carbonyl (C=O) groups is 2. The maximum atomic E-state index is 13.4. The van der Waals surface area contributed by atoms with Crippen molar-refractivity contribution in [3.63, 3.8) is 0 Å². The van der Waals surface area contributed by atoms with Crippen LogP contribution in [0.5, 0.6) is 0 Å². The molecule has 1 saturated carbocycles. The Morgan fingerprint density at radius 3 is 2.38 bits per heavy atom. The van der Waals surface area contributed by atoms with E-state index in [-0.39, 0.29) is 24.4 Å². The molecule has 0 unspecified atom stereocenters. The van der Waals surface area contributed by atoms with Gasteiger partial charge in [0.1, 0.15) is 6.54 Å². The molecule has 4 nitrogen and oxygen atoms in total. The Morgan fingerprint density at radius 1 is 0.966 bits per heavy atom. The highest BCUT2D eigenvalue weighted by Gasteiger charge is 2.28. The van der Waals surface area contributed by atoms with E-state index in [1.165, 1.54) is 11.3 Å². The van der Waals surface area contributed by atoms with Crippen LogP contribution < -0.4 is 0 Å². The van der Waals surface area contributed by atoms with E-state index < -0.39 is 0 Å². The molecule has 0 bridgehead atoms. The molecule has 0 atom stereocenters. The van der Waals surface area contributed by atoms with Gasteiger partial charge in [0.15, 0.2) is 0 Å². The third kappa shape index (κ3) is 6.43. The van der Waals surface area contributed by atoms with E-state index in [1.54, 1.807) is 11.3 Å².